The molecule has 6 nitrogen and oxygen atoms in total. The van der Waals surface area contributed by atoms with Crippen LogP contribution < -0.4 is 24.8 Å². The van der Waals surface area contributed by atoms with E-state index in [-0.39, 0.29) is 19.2 Å². The van der Waals surface area contributed by atoms with Crippen molar-refractivity contribution in [3.05, 3.63) is 60.7 Å². The highest BCUT2D eigenvalue weighted by Crippen LogP contribution is 2.26. The van der Waals surface area contributed by atoms with Gasteiger partial charge in [0.2, 0.25) is 0 Å². The number of carbonyl (C=O) groups is 1. The highest BCUT2D eigenvalue weighted by atomic mass is 16.5. The van der Waals surface area contributed by atoms with Gasteiger partial charge in [0.15, 0.2) is 0 Å². The quantitative estimate of drug-likeness (QED) is 0.623. The number of anilines is 1. The third-order valence-corrected chi connectivity index (χ3v) is 4.12. The van der Waals surface area contributed by atoms with Crippen molar-refractivity contribution in [1.29, 1.82) is 0 Å². The Bertz CT molecular complexity index is 1030. The fraction of sp³-hybridized carbons (Fsp3) is 0.174. The van der Waals surface area contributed by atoms with Crippen LogP contribution in [0.25, 0.3) is 10.8 Å². The lowest BCUT2D eigenvalue weighted by Crippen LogP contribution is -2.29. The van der Waals surface area contributed by atoms with Crippen molar-refractivity contribution in [2.24, 2.45) is 0 Å². The summed E-state index contributed by atoms with van der Waals surface area (Å²) in [5.74, 6) is 7.73. The third-order valence-electron chi connectivity index (χ3n) is 4.12. The molecule has 0 saturated carbocycles. The molecule has 0 radical (unpaired) electrons. The first-order valence-corrected chi connectivity index (χ1v) is 9.04. The van der Waals surface area contributed by atoms with E-state index in [2.05, 4.69) is 22.5 Å². The summed E-state index contributed by atoms with van der Waals surface area (Å²) in [4.78, 5) is 12.0. The molecule has 0 aliphatic heterocycles. The van der Waals surface area contributed by atoms with Crippen LogP contribution in [0, 0.1) is 11.8 Å². The van der Waals surface area contributed by atoms with Crippen LogP contribution in [-0.2, 0) is 0 Å². The summed E-state index contributed by atoms with van der Waals surface area (Å²) in [7, 11) is 3.10. The second-order valence-electron chi connectivity index (χ2n) is 6.03. The Balaban J connectivity index is 1.47. The SMILES string of the molecule is COc1cc(NC(=O)NCC#CCOc2cccc3ccccc23)cc(OC)c1. The van der Waals surface area contributed by atoms with Crippen LogP contribution in [0.2, 0.25) is 0 Å². The Labute approximate surface area is 169 Å². The van der Waals surface area contributed by atoms with Crippen molar-refractivity contribution < 1.29 is 19.0 Å². The lowest BCUT2D eigenvalue weighted by Gasteiger charge is -2.09. The van der Waals surface area contributed by atoms with Crippen LogP contribution in [0.5, 0.6) is 17.2 Å². The molecule has 0 aliphatic rings. The van der Waals surface area contributed by atoms with Gasteiger partial charge in [0.05, 0.1) is 20.8 Å². The molecule has 3 aromatic carbocycles. The molecule has 3 aromatic rings. The van der Waals surface area contributed by atoms with Crippen LogP contribution in [-0.4, -0.2) is 33.4 Å². The average Bonchev–Trinajstić information content (AvgIpc) is 2.75. The van der Waals surface area contributed by atoms with Crippen LogP contribution in [0.3, 0.4) is 0 Å². The molecule has 0 unspecified atom stereocenters. The number of amides is 2. The van der Waals surface area contributed by atoms with Gasteiger partial charge in [-0.25, -0.2) is 4.79 Å². The molecule has 0 saturated heterocycles. The lowest BCUT2D eigenvalue weighted by atomic mass is 10.1. The molecular formula is C23H22N2O4. The lowest BCUT2D eigenvalue weighted by molar-refractivity contribution is 0.253. The fourth-order valence-electron chi connectivity index (χ4n) is 2.73. The summed E-state index contributed by atoms with van der Waals surface area (Å²) in [5.41, 5.74) is 0.561. The predicted molar refractivity (Wildman–Crippen MR) is 114 cm³/mol. The topological polar surface area (TPSA) is 68.8 Å². The zero-order valence-electron chi connectivity index (χ0n) is 16.3. The third kappa shape index (κ3) is 5.56. The van der Waals surface area contributed by atoms with E-state index >= 15 is 0 Å². The molecule has 2 N–H and O–H groups in total. The van der Waals surface area contributed by atoms with Crippen LogP contribution in [0.1, 0.15) is 0 Å². The van der Waals surface area contributed by atoms with Crippen LogP contribution in [0.15, 0.2) is 60.7 Å². The van der Waals surface area contributed by atoms with E-state index in [0.717, 1.165) is 16.5 Å². The largest absolute Gasteiger partial charge is 0.497 e. The summed E-state index contributed by atoms with van der Waals surface area (Å²) in [6, 6.07) is 18.7. The van der Waals surface area contributed by atoms with Gasteiger partial charge in [-0.1, -0.05) is 48.2 Å². The number of ether oxygens (including phenoxy) is 3. The van der Waals surface area contributed by atoms with Gasteiger partial charge in [-0.2, -0.15) is 0 Å². The van der Waals surface area contributed by atoms with Crippen molar-refractivity contribution in [2.75, 3.05) is 32.7 Å². The minimum atomic E-state index is -0.371. The zero-order chi connectivity index (χ0) is 20.5. The maximum absolute atomic E-state index is 12.0. The first-order chi connectivity index (χ1) is 14.2. The van der Waals surface area contributed by atoms with Gasteiger partial charge in [-0.05, 0) is 11.5 Å². The smallest absolute Gasteiger partial charge is 0.319 e. The van der Waals surface area contributed by atoms with Crippen molar-refractivity contribution in [2.45, 2.75) is 0 Å². The molecule has 0 aliphatic carbocycles. The molecule has 2 amide bonds. The van der Waals surface area contributed by atoms with Gasteiger partial charge >= 0.3 is 6.03 Å². The van der Waals surface area contributed by atoms with E-state index < -0.39 is 0 Å². The maximum Gasteiger partial charge on any atom is 0.319 e. The number of hydrogen-bond acceptors (Lipinski definition) is 4. The van der Waals surface area contributed by atoms with Gasteiger partial charge in [0.1, 0.15) is 23.9 Å². The van der Waals surface area contributed by atoms with Gasteiger partial charge in [-0.3, -0.25) is 0 Å². The van der Waals surface area contributed by atoms with E-state index in [4.69, 9.17) is 14.2 Å². The van der Waals surface area contributed by atoms with Crippen molar-refractivity contribution in [3.8, 4) is 29.1 Å². The standard InChI is InChI=1S/C23H22N2O4/c1-27-19-14-18(15-20(16-19)28-2)25-23(26)24-12-5-6-13-29-22-11-7-9-17-8-3-4-10-21(17)22/h3-4,7-11,14-16H,12-13H2,1-2H3,(H2,24,25,26). The van der Waals surface area contributed by atoms with E-state index in [1.165, 1.54) is 0 Å². The Morgan fingerprint density at radius 3 is 2.41 bits per heavy atom. The number of carbonyl (C=O) groups excluding carboxylic acids is 1. The number of hydrogen-bond donors (Lipinski definition) is 2. The number of rotatable bonds is 6. The van der Waals surface area contributed by atoms with Crippen molar-refractivity contribution >= 4 is 22.5 Å². The number of fused-ring (bicyclic) bond motifs is 1. The molecule has 148 valence electrons. The maximum atomic E-state index is 12.0. The molecule has 0 spiro atoms. The minimum absolute atomic E-state index is 0.200. The normalized spacial score (nSPS) is 9.86. The van der Waals surface area contributed by atoms with E-state index in [1.807, 2.05) is 42.5 Å². The molecular weight excluding hydrogens is 368 g/mol. The predicted octanol–water partition coefficient (Wildman–Crippen LogP) is 4.06. The summed E-state index contributed by atoms with van der Waals surface area (Å²) in [5, 5.41) is 7.55. The minimum Gasteiger partial charge on any atom is -0.497 e. The molecule has 0 aromatic heterocycles. The van der Waals surface area contributed by atoms with Crippen LogP contribution in [0.4, 0.5) is 10.5 Å². The average molecular weight is 390 g/mol. The second-order valence-corrected chi connectivity index (χ2v) is 6.03. The molecule has 29 heavy (non-hydrogen) atoms. The van der Waals surface area contributed by atoms with Crippen molar-refractivity contribution in [3.63, 3.8) is 0 Å². The zero-order valence-corrected chi connectivity index (χ0v) is 16.3. The summed E-state index contributed by atoms with van der Waals surface area (Å²) in [6.45, 7) is 0.441. The highest BCUT2D eigenvalue weighted by molar-refractivity contribution is 5.90. The van der Waals surface area contributed by atoms with Crippen LogP contribution >= 0.6 is 0 Å². The summed E-state index contributed by atoms with van der Waals surface area (Å²) in [6.07, 6.45) is 0. The Kier molecular flexibility index (Phi) is 6.80. The molecule has 0 fully saturated rings. The fourth-order valence-corrected chi connectivity index (χ4v) is 2.73. The Hall–Kier alpha value is -3.85. The van der Waals surface area contributed by atoms with E-state index in [1.54, 1.807) is 32.4 Å². The molecule has 0 heterocycles. The van der Waals surface area contributed by atoms with E-state index in [0.29, 0.717) is 17.2 Å². The first kappa shape index (κ1) is 19.9. The first-order valence-electron chi connectivity index (χ1n) is 9.04. The molecule has 6 heteroatoms. The Morgan fingerprint density at radius 1 is 0.931 bits per heavy atom. The van der Waals surface area contributed by atoms with Gasteiger partial charge < -0.3 is 24.8 Å². The number of methoxy groups -OCH3 is 2. The number of urea groups is 1. The highest BCUT2D eigenvalue weighted by Gasteiger charge is 2.05. The van der Waals surface area contributed by atoms with Gasteiger partial charge in [-0.15, -0.1) is 0 Å². The van der Waals surface area contributed by atoms with Gasteiger partial charge in [0.25, 0.3) is 0 Å². The Morgan fingerprint density at radius 2 is 1.66 bits per heavy atom. The molecule has 0 bridgehead atoms. The second kappa shape index (κ2) is 9.90. The molecule has 0 atom stereocenters. The van der Waals surface area contributed by atoms with Crippen molar-refractivity contribution in [1.82, 2.24) is 5.32 Å². The number of nitrogens with one attached hydrogen (secondary N) is 2. The summed E-state index contributed by atoms with van der Waals surface area (Å²) >= 11 is 0. The van der Waals surface area contributed by atoms with Gasteiger partial charge in [0, 0.05) is 29.3 Å². The monoisotopic (exact) mass is 390 g/mol. The number of benzene rings is 3. The molecule has 3 rings (SSSR count). The van der Waals surface area contributed by atoms with E-state index in [9.17, 15) is 4.79 Å². The summed E-state index contributed by atoms with van der Waals surface area (Å²) < 4.78 is 16.1.